The summed E-state index contributed by atoms with van der Waals surface area (Å²) in [5, 5.41) is 3.37. The fourth-order valence-electron chi connectivity index (χ4n) is 2.11. The average molecular weight is 315 g/mol. The van der Waals surface area contributed by atoms with Crippen molar-refractivity contribution in [3.8, 4) is 0 Å². The molecule has 1 heterocycles. The van der Waals surface area contributed by atoms with Gasteiger partial charge in [-0.1, -0.05) is 15.9 Å². The Morgan fingerprint density at radius 1 is 1.56 bits per heavy atom. The molecule has 1 aromatic rings. The smallest absolute Gasteiger partial charge is 0.222 e. The first-order valence-corrected chi connectivity index (χ1v) is 6.77. The van der Waals surface area contributed by atoms with Gasteiger partial charge in [-0.15, -0.1) is 0 Å². The number of nitrogens with zero attached hydrogens (tertiary/aromatic N) is 1. The van der Waals surface area contributed by atoms with Crippen molar-refractivity contribution in [3.05, 3.63) is 34.1 Å². The Labute approximate surface area is 114 Å². The van der Waals surface area contributed by atoms with Crippen molar-refractivity contribution in [2.75, 3.05) is 13.6 Å². The summed E-state index contributed by atoms with van der Waals surface area (Å²) in [4.78, 5) is 13.1. The highest BCUT2D eigenvalue weighted by molar-refractivity contribution is 9.10. The SMILES string of the molecule is CN1CC(NCc2cc(F)ccc2Br)CCC1=O. The minimum absolute atomic E-state index is 0.194. The van der Waals surface area contributed by atoms with E-state index in [0.717, 1.165) is 16.5 Å². The molecule has 1 aliphatic heterocycles. The van der Waals surface area contributed by atoms with E-state index in [1.807, 2.05) is 7.05 Å². The Morgan fingerprint density at radius 3 is 3.06 bits per heavy atom. The van der Waals surface area contributed by atoms with Crippen LogP contribution >= 0.6 is 15.9 Å². The molecule has 5 heteroatoms. The maximum absolute atomic E-state index is 13.1. The number of carbonyl (C=O) groups is 1. The van der Waals surface area contributed by atoms with Crippen LogP contribution in [0.1, 0.15) is 18.4 Å². The molecular weight excluding hydrogens is 299 g/mol. The van der Waals surface area contributed by atoms with Gasteiger partial charge < -0.3 is 10.2 Å². The molecule has 18 heavy (non-hydrogen) atoms. The molecular formula is C13H16BrFN2O. The second-order valence-electron chi connectivity index (χ2n) is 4.63. The van der Waals surface area contributed by atoms with E-state index < -0.39 is 0 Å². The summed E-state index contributed by atoms with van der Waals surface area (Å²) in [7, 11) is 1.81. The van der Waals surface area contributed by atoms with Gasteiger partial charge in [0.05, 0.1) is 0 Å². The van der Waals surface area contributed by atoms with Crippen molar-refractivity contribution in [2.24, 2.45) is 0 Å². The summed E-state index contributed by atoms with van der Waals surface area (Å²) < 4.78 is 14.0. The molecule has 2 rings (SSSR count). The van der Waals surface area contributed by atoms with Gasteiger partial charge in [0.15, 0.2) is 0 Å². The monoisotopic (exact) mass is 314 g/mol. The fourth-order valence-corrected chi connectivity index (χ4v) is 2.50. The number of hydrogen-bond acceptors (Lipinski definition) is 2. The molecule has 0 aliphatic carbocycles. The number of piperidine rings is 1. The van der Waals surface area contributed by atoms with Gasteiger partial charge in [-0.3, -0.25) is 4.79 Å². The first kappa shape index (κ1) is 13.5. The van der Waals surface area contributed by atoms with E-state index in [1.54, 1.807) is 11.0 Å². The first-order valence-electron chi connectivity index (χ1n) is 5.97. The van der Waals surface area contributed by atoms with Crippen molar-refractivity contribution >= 4 is 21.8 Å². The summed E-state index contributed by atoms with van der Waals surface area (Å²) >= 11 is 3.41. The van der Waals surface area contributed by atoms with Crippen molar-refractivity contribution < 1.29 is 9.18 Å². The van der Waals surface area contributed by atoms with Crippen LogP contribution in [0.2, 0.25) is 0 Å². The van der Waals surface area contributed by atoms with Crippen LogP contribution in [0.25, 0.3) is 0 Å². The number of nitrogens with one attached hydrogen (secondary N) is 1. The van der Waals surface area contributed by atoms with Gasteiger partial charge in [0, 0.05) is 37.1 Å². The second kappa shape index (κ2) is 5.80. The predicted octanol–water partition coefficient (Wildman–Crippen LogP) is 2.30. The molecule has 1 fully saturated rings. The van der Waals surface area contributed by atoms with Gasteiger partial charge in [0.1, 0.15) is 5.82 Å². The third-order valence-electron chi connectivity index (χ3n) is 3.22. The molecule has 0 saturated carbocycles. The third-order valence-corrected chi connectivity index (χ3v) is 3.99. The lowest BCUT2D eigenvalue weighted by Crippen LogP contribution is -2.46. The van der Waals surface area contributed by atoms with Gasteiger partial charge in [-0.05, 0) is 30.2 Å². The summed E-state index contributed by atoms with van der Waals surface area (Å²) in [5.74, 6) is -0.0362. The zero-order chi connectivity index (χ0) is 13.1. The maximum Gasteiger partial charge on any atom is 0.222 e. The molecule has 98 valence electrons. The number of likely N-dealkylation sites (tertiary alicyclic amines) is 1. The van der Waals surface area contributed by atoms with Gasteiger partial charge >= 0.3 is 0 Å². The molecule has 1 aliphatic rings. The number of benzene rings is 1. The van der Waals surface area contributed by atoms with Crippen LogP contribution in [-0.2, 0) is 11.3 Å². The average Bonchev–Trinajstić information content (AvgIpc) is 2.34. The van der Waals surface area contributed by atoms with Crippen molar-refractivity contribution in [3.63, 3.8) is 0 Å². The van der Waals surface area contributed by atoms with Gasteiger partial charge in [-0.2, -0.15) is 0 Å². The molecule has 1 atom stereocenters. The van der Waals surface area contributed by atoms with E-state index in [2.05, 4.69) is 21.2 Å². The summed E-state index contributed by atoms with van der Waals surface area (Å²) in [6.45, 7) is 1.32. The van der Waals surface area contributed by atoms with E-state index in [4.69, 9.17) is 0 Å². The van der Waals surface area contributed by atoms with Crippen LogP contribution < -0.4 is 5.32 Å². The molecule has 0 spiro atoms. The molecule has 0 aromatic heterocycles. The van der Waals surface area contributed by atoms with Crippen molar-refractivity contribution in [1.29, 1.82) is 0 Å². The zero-order valence-corrected chi connectivity index (χ0v) is 11.8. The Kier molecular flexibility index (Phi) is 4.35. The molecule has 1 N–H and O–H groups in total. The predicted molar refractivity (Wildman–Crippen MR) is 71.6 cm³/mol. The molecule has 0 bridgehead atoms. The van der Waals surface area contributed by atoms with E-state index in [-0.39, 0.29) is 17.8 Å². The molecule has 0 radical (unpaired) electrons. The lowest BCUT2D eigenvalue weighted by molar-refractivity contribution is -0.132. The van der Waals surface area contributed by atoms with Gasteiger partial charge in [0.2, 0.25) is 5.91 Å². The number of halogens is 2. The van der Waals surface area contributed by atoms with Gasteiger partial charge in [-0.25, -0.2) is 4.39 Å². The summed E-state index contributed by atoms with van der Waals surface area (Å²) in [6, 6.07) is 4.95. The molecule has 1 aromatic carbocycles. The maximum atomic E-state index is 13.1. The third kappa shape index (κ3) is 3.29. The van der Waals surface area contributed by atoms with Crippen LogP contribution in [0, 0.1) is 5.82 Å². The highest BCUT2D eigenvalue weighted by Gasteiger charge is 2.22. The topological polar surface area (TPSA) is 32.3 Å². The minimum Gasteiger partial charge on any atom is -0.344 e. The lowest BCUT2D eigenvalue weighted by Gasteiger charge is -2.30. The van der Waals surface area contributed by atoms with Crippen molar-refractivity contribution in [1.82, 2.24) is 10.2 Å². The van der Waals surface area contributed by atoms with Crippen LogP contribution in [0.5, 0.6) is 0 Å². The Bertz CT molecular complexity index is 453. The van der Waals surface area contributed by atoms with Crippen LogP contribution in [0.4, 0.5) is 4.39 Å². The van der Waals surface area contributed by atoms with E-state index in [0.29, 0.717) is 19.5 Å². The highest BCUT2D eigenvalue weighted by atomic mass is 79.9. The number of rotatable bonds is 3. The van der Waals surface area contributed by atoms with E-state index >= 15 is 0 Å². The van der Waals surface area contributed by atoms with Crippen LogP contribution in [0.3, 0.4) is 0 Å². The Morgan fingerprint density at radius 2 is 2.33 bits per heavy atom. The molecule has 1 saturated heterocycles. The largest absolute Gasteiger partial charge is 0.344 e. The van der Waals surface area contributed by atoms with Crippen LogP contribution in [-0.4, -0.2) is 30.4 Å². The standard InChI is InChI=1S/C13H16BrFN2O/c1-17-8-11(3-5-13(17)18)16-7-9-6-10(15)2-4-12(9)14/h2,4,6,11,16H,3,5,7-8H2,1H3. The van der Waals surface area contributed by atoms with Crippen molar-refractivity contribution in [2.45, 2.75) is 25.4 Å². The Balaban J connectivity index is 1.91. The lowest BCUT2D eigenvalue weighted by atomic mass is 10.1. The minimum atomic E-state index is -0.231. The second-order valence-corrected chi connectivity index (χ2v) is 5.48. The van der Waals surface area contributed by atoms with Gasteiger partial charge in [0.25, 0.3) is 0 Å². The first-order chi connectivity index (χ1) is 8.56. The Hall–Kier alpha value is -0.940. The number of amides is 1. The molecule has 1 unspecified atom stereocenters. The van der Waals surface area contributed by atoms with Crippen LogP contribution in [0.15, 0.2) is 22.7 Å². The number of carbonyl (C=O) groups excluding carboxylic acids is 1. The van der Waals surface area contributed by atoms with E-state index in [1.165, 1.54) is 12.1 Å². The molecule has 1 amide bonds. The summed E-state index contributed by atoms with van der Waals surface area (Å²) in [6.07, 6.45) is 1.43. The highest BCUT2D eigenvalue weighted by Crippen LogP contribution is 2.18. The van der Waals surface area contributed by atoms with E-state index in [9.17, 15) is 9.18 Å². The number of likely N-dealkylation sites (N-methyl/N-ethyl adjacent to an activating group) is 1. The number of hydrogen-bond donors (Lipinski definition) is 1. The quantitative estimate of drug-likeness (QED) is 0.928. The zero-order valence-electron chi connectivity index (χ0n) is 10.2. The normalized spacial score (nSPS) is 20.3. The summed E-state index contributed by atoms with van der Waals surface area (Å²) in [5.41, 5.74) is 0.898. The fraction of sp³-hybridized carbons (Fsp3) is 0.462. The molecule has 3 nitrogen and oxygen atoms in total.